The third-order valence-corrected chi connectivity index (χ3v) is 3.32. The van der Waals surface area contributed by atoms with E-state index in [2.05, 4.69) is 66.0 Å². The number of hydrogen-bond acceptors (Lipinski definition) is 2. The number of aryl methyl sites for hydroxylation is 1. The van der Waals surface area contributed by atoms with Gasteiger partial charge in [-0.15, -0.1) is 0 Å². The second-order valence-corrected chi connectivity index (χ2v) is 4.79. The summed E-state index contributed by atoms with van der Waals surface area (Å²) in [7, 11) is 0. The van der Waals surface area contributed by atoms with E-state index in [1.54, 1.807) is 0 Å². The van der Waals surface area contributed by atoms with Crippen molar-refractivity contribution in [3.8, 4) is 0 Å². The maximum atomic E-state index is 4.30. The Balaban J connectivity index is 1.79. The Morgan fingerprint density at radius 2 is 1.60 bits per heavy atom. The summed E-state index contributed by atoms with van der Waals surface area (Å²) in [5.41, 5.74) is 6.38. The first kappa shape index (κ1) is 12.4. The number of para-hydroxylation sites is 1. The van der Waals surface area contributed by atoms with E-state index in [-0.39, 0.29) is 0 Å². The van der Waals surface area contributed by atoms with Crippen molar-refractivity contribution < 1.29 is 0 Å². The smallest absolute Gasteiger partial charge is 0.0590 e. The zero-order chi connectivity index (χ0) is 13.8. The fourth-order valence-electron chi connectivity index (χ4n) is 2.16. The first-order chi connectivity index (χ1) is 9.83. The summed E-state index contributed by atoms with van der Waals surface area (Å²) in [4.78, 5) is 0. The molecule has 0 spiro atoms. The van der Waals surface area contributed by atoms with Crippen molar-refractivity contribution >= 4 is 22.7 Å². The Labute approximate surface area is 118 Å². The highest BCUT2D eigenvalue weighted by atomic mass is 15.3. The standard InChI is InChI=1S/C18H16N2/c1-14-6-2-5-9-18(14)20-19-13-15-10-11-16-7-3-4-8-17(16)12-15/h2-13,20H,1H3/b19-13+. The van der Waals surface area contributed by atoms with Gasteiger partial charge < -0.3 is 0 Å². The van der Waals surface area contributed by atoms with Crippen LogP contribution in [-0.2, 0) is 0 Å². The fourth-order valence-corrected chi connectivity index (χ4v) is 2.16. The van der Waals surface area contributed by atoms with Gasteiger partial charge in [-0.3, -0.25) is 5.43 Å². The highest BCUT2D eigenvalue weighted by Crippen LogP contribution is 2.15. The zero-order valence-electron chi connectivity index (χ0n) is 11.4. The first-order valence-corrected chi connectivity index (χ1v) is 6.66. The van der Waals surface area contributed by atoms with Crippen molar-refractivity contribution in [2.24, 2.45) is 5.10 Å². The molecule has 0 heterocycles. The van der Waals surface area contributed by atoms with Crippen molar-refractivity contribution in [3.63, 3.8) is 0 Å². The van der Waals surface area contributed by atoms with Crippen LogP contribution >= 0.6 is 0 Å². The van der Waals surface area contributed by atoms with E-state index < -0.39 is 0 Å². The second kappa shape index (κ2) is 5.57. The molecule has 0 saturated carbocycles. The number of rotatable bonds is 3. The van der Waals surface area contributed by atoms with Gasteiger partial charge in [-0.25, -0.2) is 0 Å². The molecule has 0 amide bonds. The molecule has 0 aromatic heterocycles. The van der Waals surface area contributed by atoms with Crippen LogP contribution in [-0.4, -0.2) is 6.21 Å². The minimum absolute atomic E-state index is 1.03. The monoisotopic (exact) mass is 260 g/mol. The van der Waals surface area contributed by atoms with Gasteiger partial charge in [-0.1, -0.05) is 54.6 Å². The minimum atomic E-state index is 1.03. The van der Waals surface area contributed by atoms with E-state index in [9.17, 15) is 0 Å². The number of anilines is 1. The van der Waals surface area contributed by atoms with E-state index in [0.717, 1.165) is 11.3 Å². The third kappa shape index (κ3) is 2.69. The van der Waals surface area contributed by atoms with Crippen molar-refractivity contribution in [3.05, 3.63) is 77.9 Å². The summed E-state index contributed by atoms with van der Waals surface area (Å²) in [5.74, 6) is 0. The van der Waals surface area contributed by atoms with Crippen LogP contribution in [0.4, 0.5) is 5.69 Å². The molecule has 3 rings (SSSR count). The van der Waals surface area contributed by atoms with Gasteiger partial charge in [-0.05, 0) is 41.0 Å². The molecule has 2 nitrogen and oxygen atoms in total. The number of nitrogens with one attached hydrogen (secondary N) is 1. The van der Waals surface area contributed by atoms with Crippen molar-refractivity contribution in [2.75, 3.05) is 5.43 Å². The molecule has 0 bridgehead atoms. The van der Waals surface area contributed by atoms with Crippen LogP contribution in [0, 0.1) is 6.92 Å². The lowest BCUT2D eigenvalue weighted by Crippen LogP contribution is -1.92. The number of nitrogens with zero attached hydrogens (tertiary/aromatic N) is 1. The van der Waals surface area contributed by atoms with Gasteiger partial charge in [0.25, 0.3) is 0 Å². The molecule has 3 aromatic rings. The molecule has 0 aliphatic heterocycles. The quantitative estimate of drug-likeness (QED) is 0.540. The number of fused-ring (bicyclic) bond motifs is 1. The normalized spacial score (nSPS) is 11.1. The molecular weight excluding hydrogens is 244 g/mol. The van der Waals surface area contributed by atoms with Crippen molar-refractivity contribution in [2.45, 2.75) is 6.92 Å². The Morgan fingerprint density at radius 1 is 0.850 bits per heavy atom. The Hall–Kier alpha value is -2.61. The van der Waals surface area contributed by atoms with E-state index in [1.807, 2.05) is 24.4 Å². The van der Waals surface area contributed by atoms with Crippen LogP contribution in [0.25, 0.3) is 10.8 Å². The predicted molar refractivity (Wildman–Crippen MR) is 86.3 cm³/mol. The van der Waals surface area contributed by atoms with Gasteiger partial charge in [0.1, 0.15) is 0 Å². The molecule has 3 aromatic carbocycles. The molecule has 0 fully saturated rings. The topological polar surface area (TPSA) is 24.4 Å². The van der Waals surface area contributed by atoms with Crippen LogP contribution in [0.5, 0.6) is 0 Å². The summed E-state index contributed by atoms with van der Waals surface area (Å²) in [6, 6.07) is 22.8. The van der Waals surface area contributed by atoms with E-state index in [1.165, 1.54) is 16.3 Å². The SMILES string of the molecule is Cc1ccccc1N/N=C/c1ccc2ccccc2c1. The van der Waals surface area contributed by atoms with E-state index in [0.29, 0.717) is 0 Å². The molecule has 0 aliphatic rings. The largest absolute Gasteiger partial charge is 0.278 e. The maximum Gasteiger partial charge on any atom is 0.0590 e. The summed E-state index contributed by atoms with van der Waals surface area (Å²) in [5, 5.41) is 6.78. The Morgan fingerprint density at radius 3 is 2.45 bits per heavy atom. The van der Waals surface area contributed by atoms with Gasteiger partial charge in [0, 0.05) is 0 Å². The highest BCUT2D eigenvalue weighted by Gasteiger charge is 1.95. The van der Waals surface area contributed by atoms with E-state index >= 15 is 0 Å². The fraction of sp³-hybridized carbons (Fsp3) is 0.0556. The molecule has 0 unspecified atom stereocenters. The third-order valence-electron chi connectivity index (χ3n) is 3.32. The number of hydrazone groups is 1. The highest BCUT2D eigenvalue weighted by molar-refractivity contribution is 5.90. The summed E-state index contributed by atoms with van der Waals surface area (Å²) in [6.45, 7) is 2.06. The van der Waals surface area contributed by atoms with E-state index in [4.69, 9.17) is 0 Å². The zero-order valence-corrected chi connectivity index (χ0v) is 11.4. The van der Waals surface area contributed by atoms with Crippen LogP contribution < -0.4 is 5.43 Å². The average molecular weight is 260 g/mol. The molecule has 1 N–H and O–H groups in total. The molecule has 0 atom stereocenters. The molecule has 98 valence electrons. The Kier molecular flexibility index (Phi) is 3.46. The lowest BCUT2D eigenvalue weighted by atomic mass is 10.1. The van der Waals surface area contributed by atoms with Crippen LogP contribution in [0.1, 0.15) is 11.1 Å². The predicted octanol–water partition coefficient (Wildman–Crippen LogP) is 4.59. The second-order valence-electron chi connectivity index (χ2n) is 4.79. The van der Waals surface area contributed by atoms with Crippen molar-refractivity contribution in [1.29, 1.82) is 0 Å². The maximum absolute atomic E-state index is 4.30. The minimum Gasteiger partial charge on any atom is -0.278 e. The molecule has 0 aliphatic carbocycles. The molecule has 20 heavy (non-hydrogen) atoms. The van der Waals surface area contributed by atoms with Gasteiger partial charge in [0.05, 0.1) is 11.9 Å². The summed E-state index contributed by atoms with van der Waals surface area (Å²) >= 11 is 0. The van der Waals surface area contributed by atoms with Crippen LogP contribution in [0.3, 0.4) is 0 Å². The van der Waals surface area contributed by atoms with Gasteiger partial charge >= 0.3 is 0 Å². The molecule has 0 saturated heterocycles. The average Bonchev–Trinajstić information content (AvgIpc) is 2.49. The molecular formula is C18H16N2. The lowest BCUT2D eigenvalue weighted by molar-refractivity contribution is 1.31. The molecule has 2 heteroatoms. The first-order valence-electron chi connectivity index (χ1n) is 6.66. The number of hydrogen-bond donors (Lipinski definition) is 1. The van der Waals surface area contributed by atoms with Crippen LogP contribution in [0.15, 0.2) is 71.8 Å². The van der Waals surface area contributed by atoms with Gasteiger partial charge in [0.15, 0.2) is 0 Å². The summed E-state index contributed by atoms with van der Waals surface area (Å²) < 4.78 is 0. The Bertz CT molecular complexity index is 760. The summed E-state index contributed by atoms with van der Waals surface area (Å²) in [6.07, 6.45) is 1.85. The molecule has 0 radical (unpaired) electrons. The van der Waals surface area contributed by atoms with Gasteiger partial charge in [-0.2, -0.15) is 5.10 Å². The lowest BCUT2D eigenvalue weighted by Gasteiger charge is -2.03. The van der Waals surface area contributed by atoms with Gasteiger partial charge in [0.2, 0.25) is 0 Å². The number of benzene rings is 3. The van der Waals surface area contributed by atoms with Crippen LogP contribution in [0.2, 0.25) is 0 Å². The van der Waals surface area contributed by atoms with Crippen molar-refractivity contribution in [1.82, 2.24) is 0 Å².